The average Bonchev–Trinajstić information content (AvgIpc) is 3.21. The summed E-state index contributed by atoms with van der Waals surface area (Å²) in [5.74, 6) is -0.167. The van der Waals surface area contributed by atoms with Crippen LogP contribution in [0.2, 0.25) is 0 Å². The van der Waals surface area contributed by atoms with E-state index in [0.717, 1.165) is 41.8 Å². The molecule has 0 fully saturated rings. The Balaban J connectivity index is 1.65. The van der Waals surface area contributed by atoms with Gasteiger partial charge in [-0.15, -0.1) is 11.3 Å². The van der Waals surface area contributed by atoms with E-state index in [4.69, 9.17) is 0 Å². The van der Waals surface area contributed by atoms with E-state index >= 15 is 0 Å². The first-order chi connectivity index (χ1) is 13.2. The van der Waals surface area contributed by atoms with Crippen molar-refractivity contribution in [2.75, 3.05) is 0 Å². The lowest BCUT2D eigenvalue weighted by molar-refractivity contribution is -0.124. The van der Waals surface area contributed by atoms with Gasteiger partial charge in [0.15, 0.2) is 5.65 Å². The molecule has 1 amide bonds. The molecule has 0 bridgehead atoms. The maximum absolute atomic E-state index is 13.1. The highest BCUT2D eigenvalue weighted by atomic mass is 32.1. The Morgan fingerprint density at radius 1 is 1.37 bits per heavy atom. The molecule has 0 spiro atoms. The lowest BCUT2D eigenvalue weighted by atomic mass is 9.95. The fourth-order valence-corrected chi connectivity index (χ4v) is 4.27. The normalized spacial score (nSPS) is 14.7. The minimum absolute atomic E-state index is 0.167. The smallest absolute Gasteiger partial charge is 0.263 e. The Morgan fingerprint density at radius 3 is 3.00 bits per heavy atom. The summed E-state index contributed by atoms with van der Waals surface area (Å²) in [4.78, 5) is 35.8. The van der Waals surface area contributed by atoms with Gasteiger partial charge in [-0.25, -0.2) is 9.97 Å². The van der Waals surface area contributed by atoms with Crippen LogP contribution in [-0.2, 0) is 24.2 Å². The molecule has 1 aliphatic rings. The molecule has 7 heteroatoms. The van der Waals surface area contributed by atoms with Crippen molar-refractivity contribution in [2.24, 2.45) is 0 Å². The summed E-state index contributed by atoms with van der Waals surface area (Å²) >= 11 is 1.59. The largest absolute Gasteiger partial charge is 0.349 e. The van der Waals surface area contributed by atoms with Gasteiger partial charge in [-0.3, -0.25) is 14.2 Å². The molecule has 3 heterocycles. The number of aromatic nitrogens is 3. The number of pyridine rings is 1. The van der Waals surface area contributed by atoms with Crippen molar-refractivity contribution in [1.29, 1.82) is 0 Å². The van der Waals surface area contributed by atoms with Gasteiger partial charge < -0.3 is 5.32 Å². The number of fused-ring (bicyclic) bond motifs is 2. The number of amides is 1. The monoisotopic (exact) mass is 382 g/mol. The molecule has 140 valence electrons. The van der Waals surface area contributed by atoms with Gasteiger partial charge in [0.25, 0.3) is 5.56 Å². The van der Waals surface area contributed by atoms with Gasteiger partial charge in [-0.2, -0.15) is 0 Å². The van der Waals surface area contributed by atoms with Crippen LogP contribution in [0.15, 0.2) is 34.7 Å². The van der Waals surface area contributed by atoms with Crippen LogP contribution in [0, 0.1) is 0 Å². The molecule has 0 saturated carbocycles. The highest BCUT2D eigenvalue weighted by molar-refractivity contribution is 7.09. The van der Waals surface area contributed by atoms with E-state index in [-0.39, 0.29) is 11.5 Å². The molecule has 1 N–H and O–H groups in total. The van der Waals surface area contributed by atoms with E-state index in [1.165, 1.54) is 10.9 Å². The van der Waals surface area contributed by atoms with E-state index in [9.17, 15) is 9.59 Å². The van der Waals surface area contributed by atoms with Crippen molar-refractivity contribution in [3.8, 4) is 0 Å². The van der Waals surface area contributed by atoms with Gasteiger partial charge in [0, 0.05) is 10.6 Å². The zero-order valence-electron chi connectivity index (χ0n) is 15.3. The molecular weight excluding hydrogens is 360 g/mol. The topological polar surface area (TPSA) is 76.9 Å². The van der Waals surface area contributed by atoms with E-state index in [0.29, 0.717) is 24.0 Å². The van der Waals surface area contributed by atoms with Crippen molar-refractivity contribution < 1.29 is 4.79 Å². The minimum Gasteiger partial charge on any atom is -0.349 e. The number of hydrogen-bond acceptors (Lipinski definition) is 5. The second-order valence-corrected chi connectivity index (χ2v) is 7.88. The molecule has 6 nitrogen and oxygen atoms in total. The summed E-state index contributed by atoms with van der Waals surface area (Å²) in [5.41, 5.74) is 2.48. The van der Waals surface area contributed by atoms with Crippen LogP contribution in [0.5, 0.6) is 0 Å². The number of aryl methyl sites for hydroxylation is 2. The third-order valence-corrected chi connectivity index (χ3v) is 5.97. The molecule has 3 aromatic heterocycles. The second kappa shape index (κ2) is 7.60. The van der Waals surface area contributed by atoms with Crippen LogP contribution in [0.1, 0.15) is 48.4 Å². The number of carbonyl (C=O) groups is 1. The molecule has 0 aliphatic heterocycles. The van der Waals surface area contributed by atoms with Crippen LogP contribution in [0.4, 0.5) is 0 Å². The van der Waals surface area contributed by atoms with E-state index in [2.05, 4.69) is 15.3 Å². The van der Waals surface area contributed by atoms with Gasteiger partial charge in [-0.1, -0.05) is 13.0 Å². The Hall–Kier alpha value is -2.54. The zero-order chi connectivity index (χ0) is 18.8. The number of rotatable bonds is 5. The third-order valence-electron chi connectivity index (χ3n) is 5.09. The molecule has 1 atom stereocenters. The Bertz CT molecular complexity index is 1030. The van der Waals surface area contributed by atoms with Crippen molar-refractivity contribution in [3.05, 3.63) is 56.4 Å². The Morgan fingerprint density at radius 2 is 2.22 bits per heavy atom. The Kier molecular flexibility index (Phi) is 5.03. The molecule has 0 unspecified atom stereocenters. The number of hydrogen-bond donors (Lipinski definition) is 1. The van der Waals surface area contributed by atoms with Crippen LogP contribution in [-0.4, -0.2) is 20.4 Å². The third kappa shape index (κ3) is 3.51. The highest BCUT2D eigenvalue weighted by Crippen LogP contribution is 2.22. The maximum Gasteiger partial charge on any atom is 0.263 e. The molecule has 0 saturated heterocycles. The van der Waals surface area contributed by atoms with Gasteiger partial charge in [0.1, 0.15) is 12.4 Å². The maximum atomic E-state index is 13.1. The van der Waals surface area contributed by atoms with Crippen LogP contribution >= 0.6 is 11.3 Å². The van der Waals surface area contributed by atoms with Crippen LogP contribution in [0.25, 0.3) is 11.0 Å². The fourth-order valence-electron chi connectivity index (χ4n) is 3.62. The quantitative estimate of drug-likeness (QED) is 0.736. The first-order valence-electron chi connectivity index (χ1n) is 9.37. The minimum atomic E-state index is -0.578. The molecule has 3 aromatic rings. The highest BCUT2D eigenvalue weighted by Gasteiger charge is 2.22. The molecule has 0 aromatic carbocycles. The predicted octanol–water partition coefficient (Wildman–Crippen LogP) is 3.00. The van der Waals surface area contributed by atoms with Crippen LogP contribution in [0.3, 0.4) is 0 Å². The summed E-state index contributed by atoms with van der Waals surface area (Å²) in [7, 11) is 0. The van der Waals surface area contributed by atoms with E-state index < -0.39 is 6.04 Å². The lowest BCUT2D eigenvalue weighted by Gasteiger charge is -2.19. The number of nitrogens with zero attached hydrogens (tertiary/aromatic N) is 3. The fraction of sp³-hybridized carbons (Fsp3) is 0.400. The van der Waals surface area contributed by atoms with Crippen molar-refractivity contribution >= 4 is 28.3 Å². The van der Waals surface area contributed by atoms with Gasteiger partial charge in [0.05, 0.1) is 11.9 Å². The number of carbonyl (C=O) groups excluding carboxylic acids is 1. The summed E-state index contributed by atoms with van der Waals surface area (Å²) < 4.78 is 1.45. The Labute approximate surface area is 161 Å². The van der Waals surface area contributed by atoms with Gasteiger partial charge in [-0.05, 0) is 55.2 Å². The van der Waals surface area contributed by atoms with Gasteiger partial charge >= 0.3 is 0 Å². The molecule has 4 rings (SSSR count). The summed E-state index contributed by atoms with van der Waals surface area (Å²) in [5, 5.41) is 5.41. The molecule has 0 radical (unpaired) electrons. The second-order valence-electron chi connectivity index (χ2n) is 6.85. The van der Waals surface area contributed by atoms with Crippen molar-refractivity contribution in [3.63, 3.8) is 0 Å². The summed E-state index contributed by atoms with van der Waals surface area (Å²) in [6, 6.07) is 5.28. The van der Waals surface area contributed by atoms with E-state index in [1.807, 2.05) is 30.5 Å². The molecular formula is C20H22N4O2S. The lowest BCUT2D eigenvalue weighted by Crippen LogP contribution is -2.37. The molecule has 27 heavy (non-hydrogen) atoms. The van der Waals surface area contributed by atoms with Crippen molar-refractivity contribution in [2.45, 2.75) is 51.6 Å². The van der Waals surface area contributed by atoms with Crippen molar-refractivity contribution in [1.82, 2.24) is 19.9 Å². The number of nitrogens with one attached hydrogen (secondary N) is 1. The molecule has 1 aliphatic carbocycles. The zero-order valence-corrected chi connectivity index (χ0v) is 16.1. The van der Waals surface area contributed by atoms with Gasteiger partial charge in [0.2, 0.25) is 5.91 Å². The SMILES string of the molecule is CC[C@H](C(=O)NCc1cccs1)n1cnc2nc3c(cc2c1=O)CCCC3. The summed E-state index contributed by atoms with van der Waals surface area (Å²) in [6.07, 6.45) is 6.12. The first-order valence-corrected chi connectivity index (χ1v) is 10.2. The van der Waals surface area contributed by atoms with Crippen LogP contribution < -0.4 is 10.9 Å². The predicted molar refractivity (Wildman–Crippen MR) is 106 cm³/mol. The standard InChI is InChI=1S/C20H22N4O2S/c1-2-17(19(25)21-11-14-7-5-9-27-14)24-12-22-18-15(20(24)26)10-13-6-3-4-8-16(13)23-18/h5,7,9-10,12,17H,2-4,6,8,11H2,1H3,(H,21,25)/t17-/m1/s1. The number of thiophene rings is 1. The summed E-state index contributed by atoms with van der Waals surface area (Å²) in [6.45, 7) is 2.37. The van der Waals surface area contributed by atoms with E-state index in [1.54, 1.807) is 11.3 Å². The average molecular weight is 382 g/mol. The first kappa shape index (κ1) is 17.9.